The van der Waals surface area contributed by atoms with Gasteiger partial charge in [-0.3, -0.25) is 4.79 Å². The molecule has 0 aromatic heterocycles. The average molecular weight is 291 g/mol. The number of nitrogens with zero attached hydrogens (tertiary/aromatic N) is 1. The highest BCUT2D eigenvalue weighted by Gasteiger charge is 2.09. The molecule has 0 saturated carbocycles. The zero-order chi connectivity index (χ0) is 11.6. The van der Waals surface area contributed by atoms with Gasteiger partial charge in [0.2, 0.25) is 5.91 Å². The molecule has 0 atom stereocenters. The second kappa shape index (κ2) is 8.99. The van der Waals surface area contributed by atoms with Crippen molar-refractivity contribution >= 4 is 21.8 Å². The number of hydrogen-bond donors (Lipinski definition) is 1. The zero-order valence-electron chi connectivity index (χ0n) is 10.0. The molecule has 0 bridgehead atoms. The first-order chi connectivity index (χ1) is 7.83. The van der Waals surface area contributed by atoms with Crippen LogP contribution < -0.4 is 5.32 Å². The predicted octanol–water partition coefficient (Wildman–Crippen LogP) is 2.15. The smallest absolute Gasteiger partial charge is 0.220 e. The molecule has 0 spiro atoms. The molecule has 1 rings (SSSR count). The summed E-state index contributed by atoms with van der Waals surface area (Å²) >= 11 is 3.37. The molecule has 0 aromatic rings. The quantitative estimate of drug-likeness (QED) is 0.576. The van der Waals surface area contributed by atoms with Crippen LogP contribution in [0.1, 0.15) is 38.5 Å². The van der Waals surface area contributed by atoms with Gasteiger partial charge in [-0.05, 0) is 38.8 Å². The van der Waals surface area contributed by atoms with Gasteiger partial charge in [-0.1, -0.05) is 22.4 Å². The van der Waals surface area contributed by atoms with Crippen molar-refractivity contribution in [2.75, 3.05) is 31.5 Å². The van der Waals surface area contributed by atoms with Crippen molar-refractivity contribution in [2.45, 2.75) is 38.5 Å². The van der Waals surface area contributed by atoms with Gasteiger partial charge in [-0.2, -0.15) is 0 Å². The highest BCUT2D eigenvalue weighted by Crippen LogP contribution is 2.07. The SMILES string of the molecule is O=C(CCCCBr)NCCN1CCCCC1. The Labute approximate surface area is 107 Å². The largest absolute Gasteiger partial charge is 0.355 e. The minimum atomic E-state index is 0.206. The maximum atomic E-state index is 11.4. The third-order valence-corrected chi connectivity index (χ3v) is 3.55. The van der Waals surface area contributed by atoms with Crippen molar-refractivity contribution < 1.29 is 4.79 Å². The third kappa shape index (κ3) is 6.48. The number of carbonyl (C=O) groups excluding carboxylic acids is 1. The number of likely N-dealkylation sites (tertiary alicyclic amines) is 1. The molecule has 1 aliphatic heterocycles. The van der Waals surface area contributed by atoms with Crippen LogP contribution >= 0.6 is 15.9 Å². The van der Waals surface area contributed by atoms with E-state index in [4.69, 9.17) is 0 Å². The molecule has 4 heteroatoms. The summed E-state index contributed by atoms with van der Waals surface area (Å²) in [5.41, 5.74) is 0. The van der Waals surface area contributed by atoms with E-state index in [1.54, 1.807) is 0 Å². The summed E-state index contributed by atoms with van der Waals surface area (Å²) in [6.07, 6.45) is 6.75. The maximum Gasteiger partial charge on any atom is 0.220 e. The number of unbranched alkanes of at least 4 members (excludes halogenated alkanes) is 1. The minimum Gasteiger partial charge on any atom is -0.355 e. The standard InChI is InChI=1S/C12H23BrN2O/c13-7-3-2-6-12(16)14-8-11-15-9-4-1-5-10-15/h1-11H2,(H,14,16). The average Bonchev–Trinajstić information content (AvgIpc) is 2.31. The van der Waals surface area contributed by atoms with Gasteiger partial charge in [0.1, 0.15) is 0 Å². The Hall–Kier alpha value is -0.0900. The van der Waals surface area contributed by atoms with Crippen LogP contribution in [0.2, 0.25) is 0 Å². The summed E-state index contributed by atoms with van der Waals surface area (Å²) in [5, 5.41) is 3.99. The first-order valence-electron chi connectivity index (χ1n) is 6.38. The van der Waals surface area contributed by atoms with Crippen LogP contribution in [0.3, 0.4) is 0 Å². The maximum absolute atomic E-state index is 11.4. The monoisotopic (exact) mass is 290 g/mol. The molecule has 1 fully saturated rings. The molecular weight excluding hydrogens is 268 g/mol. The van der Waals surface area contributed by atoms with Gasteiger partial charge in [-0.25, -0.2) is 0 Å². The van der Waals surface area contributed by atoms with Crippen molar-refractivity contribution in [3.8, 4) is 0 Å². The van der Waals surface area contributed by atoms with E-state index in [2.05, 4.69) is 26.1 Å². The van der Waals surface area contributed by atoms with Crippen molar-refractivity contribution in [1.29, 1.82) is 0 Å². The van der Waals surface area contributed by atoms with Gasteiger partial charge >= 0.3 is 0 Å². The zero-order valence-corrected chi connectivity index (χ0v) is 11.6. The number of hydrogen-bond acceptors (Lipinski definition) is 2. The Balaban J connectivity index is 1.94. The Kier molecular flexibility index (Phi) is 7.85. The van der Waals surface area contributed by atoms with Crippen LogP contribution in [-0.2, 0) is 4.79 Å². The fourth-order valence-electron chi connectivity index (χ4n) is 2.00. The topological polar surface area (TPSA) is 32.3 Å². The van der Waals surface area contributed by atoms with Gasteiger partial charge in [0.25, 0.3) is 0 Å². The number of halogens is 1. The van der Waals surface area contributed by atoms with E-state index in [0.29, 0.717) is 6.42 Å². The van der Waals surface area contributed by atoms with Gasteiger partial charge in [-0.15, -0.1) is 0 Å². The van der Waals surface area contributed by atoms with E-state index >= 15 is 0 Å². The van der Waals surface area contributed by atoms with Gasteiger partial charge in [0, 0.05) is 24.8 Å². The third-order valence-electron chi connectivity index (χ3n) is 2.99. The number of nitrogens with one attached hydrogen (secondary N) is 1. The van der Waals surface area contributed by atoms with E-state index < -0.39 is 0 Å². The molecule has 3 nitrogen and oxygen atoms in total. The lowest BCUT2D eigenvalue weighted by Crippen LogP contribution is -2.37. The number of amides is 1. The Morgan fingerprint density at radius 1 is 1.19 bits per heavy atom. The van der Waals surface area contributed by atoms with Crippen LogP contribution in [0.4, 0.5) is 0 Å². The van der Waals surface area contributed by atoms with Crippen LogP contribution in [0.5, 0.6) is 0 Å². The second-order valence-corrected chi connectivity index (χ2v) is 5.19. The first kappa shape index (κ1) is 14.0. The summed E-state index contributed by atoms with van der Waals surface area (Å²) < 4.78 is 0. The molecular formula is C12H23BrN2O. The Morgan fingerprint density at radius 3 is 2.62 bits per heavy atom. The summed E-state index contributed by atoms with van der Waals surface area (Å²) in [6, 6.07) is 0. The van der Waals surface area contributed by atoms with Crippen molar-refractivity contribution in [3.05, 3.63) is 0 Å². The van der Waals surface area contributed by atoms with Gasteiger partial charge in [0.15, 0.2) is 0 Å². The van der Waals surface area contributed by atoms with Crippen molar-refractivity contribution in [3.63, 3.8) is 0 Å². The highest BCUT2D eigenvalue weighted by molar-refractivity contribution is 9.09. The summed E-state index contributed by atoms with van der Waals surface area (Å²) in [5.74, 6) is 0.206. The van der Waals surface area contributed by atoms with Crippen molar-refractivity contribution in [2.24, 2.45) is 0 Å². The van der Waals surface area contributed by atoms with E-state index in [1.165, 1.54) is 32.4 Å². The lowest BCUT2D eigenvalue weighted by molar-refractivity contribution is -0.121. The molecule has 0 aromatic carbocycles. The van der Waals surface area contributed by atoms with E-state index in [9.17, 15) is 4.79 Å². The second-order valence-electron chi connectivity index (χ2n) is 4.40. The minimum absolute atomic E-state index is 0.206. The Morgan fingerprint density at radius 2 is 1.94 bits per heavy atom. The molecule has 1 saturated heterocycles. The summed E-state index contributed by atoms with van der Waals surface area (Å²) in [6.45, 7) is 4.25. The number of piperidine rings is 1. The molecule has 0 radical (unpaired) electrons. The predicted molar refractivity (Wildman–Crippen MR) is 70.9 cm³/mol. The molecule has 1 aliphatic rings. The van der Waals surface area contributed by atoms with Gasteiger partial charge < -0.3 is 10.2 Å². The van der Waals surface area contributed by atoms with E-state index in [-0.39, 0.29) is 5.91 Å². The molecule has 1 N–H and O–H groups in total. The highest BCUT2D eigenvalue weighted by atomic mass is 79.9. The number of alkyl halides is 1. The van der Waals surface area contributed by atoms with E-state index in [1.807, 2.05) is 0 Å². The fraction of sp³-hybridized carbons (Fsp3) is 0.917. The molecule has 1 amide bonds. The van der Waals surface area contributed by atoms with Crippen LogP contribution in [0.25, 0.3) is 0 Å². The van der Waals surface area contributed by atoms with Gasteiger partial charge in [0.05, 0.1) is 0 Å². The molecule has 0 aliphatic carbocycles. The van der Waals surface area contributed by atoms with E-state index in [0.717, 1.165) is 31.3 Å². The van der Waals surface area contributed by atoms with Crippen molar-refractivity contribution in [1.82, 2.24) is 10.2 Å². The molecule has 0 unspecified atom stereocenters. The Bertz CT molecular complexity index is 193. The summed E-state index contributed by atoms with van der Waals surface area (Å²) in [4.78, 5) is 13.9. The lowest BCUT2D eigenvalue weighted by atomic mass is 10.1. The molecule has 94 valence electrons. The number of carbonyl (C=O) groups is 1. The van der Waals surface area contributed by atoms with Crippen LogP contribution in [-0.4, -0.2) is 42.3 Å². The fourth-order valence-corrected chi connectivity index (χ4v) is 2.40. The number of rotatable bonds is 7. The van der Waals surface area contributed by atoms with Crippen LogP contribution in [0.15, 0.2) is 0 Å². The molecule has 1 heterocycles. The first-order valence-corrected chi connectivity index (χ1v) is 7.50. The lowest BCUT2D eigenvalue weighted by Gasteiger charge is -2.26. The summed E-state index contributed by atoms with van der Waals surface area (Å²) in [7, 11) is 0. The van der Waals surface area contributed by atoms with Crippen LogP contribution in [0, 0.1) is 0 Å². The molecule has 16 heavy (non-hydrogen) atoms. The normalized spacial score (nSPS) is 17.3.